The molecular weight excluding hydrogens is 287 g/mol. The third kappa shape index (κ3) is 4.31. The van der Waals surface area contributed by atoms with Crippen molar-refractivity contribution in [3.05, 3.63) is 29.3 Å². The van der Waals surface area contributed by atoms with Crippen molar-refractivity contribution < 1.29 is 17.9 Å². The standard InChI is InChI=1S/C14H18F3NOS/c1-10-4-2-5-11-12(6-3-8-19-13(10)11)18-7-9-20-14(15,16)17/h2,4-5,12,18H,3,6-9H2,1H3. The van der Waals surface area contributed by atoms with Crippen LogP contribution in [0.1, 0.15) is 30.0 Å². The van der Waals surface area contributed by atoms with Gasteiger partial charge in [0.1, 0.15) is 5.75 Å². The molecule has 1 aliphatic heterocycles. The van der Waals surface area contributed by atoms with Crippen molar-refractivity contribution in [2.75, 3.05) is 18.9 Å². The van der Waals surface area contributed by atoms with Crippen LogP contribution < -0.4 is 10.1 Å². The van der Waals surface area contributed by atoms with E-state index in [0.29, 0.717) is 13.2 Å². The molecule has 0 saturated carbocycles. The highest BCUT2D eigenvalue weighted by atomic mass is 32.2. The second-order valence-corrected chi connectivity index (χ2v) is 5.94. The molecule has 0 bridgehead atoms. The van der Waals surface area contributed by atoms with Crippen molar-refractivity contribution >= 4 is 11.8 Å². The Hall–Kier alpha value is -0.880. The fourth-order valence-corrected chi connectivity index (χ4v) is 2.83. The first-order valence-electron chi connectivity index (χ1n) is 6.64. The van der Waals surface area contributed by atoms with E-state index in [1.54, 1.807) is 0 Å². The number of rotatable bonds is 4. The first-order chi connectivity index (χ1) is 9.47. The van der Waals surface area contributed by atoms with Crippen LogP contribution in [0.25, 0.3) is 0 Å². The van der Waals surface area contributed by atoms with Gasteiger partial charge in [0.25, 0.3) is 0 Å². The van der Waals surface area contributed by atoms with Gasteiger partial charge in [0.05, 0.1) is 6.61 Å². The summed E-state index contributed by atoms with van der Waals surface area (Å²) in [5, 5.41) is 3.22. The number of fused-ring (bicyclic) bond motifs is 1. The van der Waals surface area contributed by atoms with Crippen molar-refractivity contribution in [1.82, 2.24) is 5.32 Å². The predicted molar refractivity (Wildman–Crippen MR) is 75.2 cm³/mol. The van der Waals surface area contributed by atoms with Crippen LogP contribution in [0.3, 0.4) is 0 Å². The molecule has 0 spiro atoms. The molecule has 1 atom stereocenters. The number of hydrogen-bond donors (Lipinski definition) is 1. The molecule has 112 valence electrons. The highest BCUT2D eigenvalue weighted by molar-refractivity contribution is 8.00. The second-order valence-electron chi connectivity index (χ2n) is 4.78. The molecular formula is C14H18F3NOS. The number of ether oxygens (including phenoxy) is 1. The Balaban J connectivity index is 1.97. The maximum Gasteiger partial charge on any atom is 0.441 e. The smallest absolute Gasteiger partial charge is 0.441 e. The maximum absolute atomic E-state index is 12.1. The summed E-state index contributed by atoms with van der Waals surface area (Å²) in [7, 11) is 0. The topological polar surface area (TPSA) is 21.3 Å². The average molecular weight is 305 g/mol. The predicted octanol–water partition coefficient (Wildman–Crippen LogP) is 4.05. The molecule has 1 aromatic carbocycles. The molecule has 0 aliphatic carbocycles. The molecule has 0 aromatic heterocycles. The van der Waals surface area contributed by atoms with Gasteiger partial charge in [-0.1, -0.05) is 18.2 Å². The number of alkyl halides is 3. The largest absolute Gasteiger partial charge is 0.493 e. The van der Waals surface area contributed by atoms with E-state index in [9.17, 15) is 13.2 Å². The van der Waals surface area contributed by atoms with Crippen molar-refractivity contribution in [2.24, 2.45) is 0 Å². The van der Waals surface area contributed by atoms with Crippen LogP contribution in [0.2, 0.25) is 0 Å². The molecule has 20 heavy (non-hydrogen) atoms. The molecule has 0 saturated heterocycles. The lowest BCUT2D eigenvalue weighted by molar-refractivity contribution is -0.0327. The fraction of sp³-hybridized carbons (Fsp3) is 0.571. The maximum atomic E-state index is 12.1. The summed E-state index contributed by atoms with van der Waals surface area (Å²) in [6, 6.07) is 6.01. The van der Waals surface area contributed by atoms with E-state index in [1.807, 2.05) is 25.1 Å². The van der Waals surface area contributed by atoms with Crippen LogP contribution in [-0.4, -0.2) is 24.4 Å². The molecule has 1 aromatic rings. The van der Waals surface area contributed by atoms with E-state index in [2.05, 4.69) is 5.32 Å². The summed E-state index contributed by atoms with van der Waals surface area (Å²) in [6.07, 6.45) is 1.78. The zero-order valence-electron chi connectivity index (χ0n) is 11.3. The summed E-state index contributed by atoms with van der Waals surface area (Å²) >= 11 is 0.0181. The highest BCUT2D eigenvalue weighted by Gasteiger charge is 2.28. The van der Waals surface area contributed by atoms with Gasteiger partial charge >= 0.3 is 5.51 Å². The average Bonchev–Trinajstić information content (AvgIpc) is 2.57. The zero-order valence-corrected chi connectivity index (χ0v) is 12.1. The molecule has 0 radical (unpaired) electrons. The molecule has 1 aliphatic rings. The third-order valence-electron chi connectivity index (χ3n) is 3.26. The molecule has 0 fully saturated rings. The van der Waals surface area contributed by atoms with Gasteiger partial charge in [-0.3, -0.25) is 0 Å². The Morgan fingerprint density at radius 2 is 2.20 bits per heavy atom. The van der Waals surface area contributed by atoms with Crippen molar-refractivity contribution in [1.29, 1.82) is 0 Å². The Bertz CT molecular complexity index is 451. The van der Waals surface area contributed by atoms with Crippen molar-refractivity contribution in [2.45, 2.75) is 31.3 Å². The molecule has 0 amide bonds. The Kier molecular flexibility index (Phi) is 5.21. The lowest BCUT2D eigenvalue weighted by atomic mass is 10.00. The second kappa shape index (κ2) is 6.72. The van der Waals surface area contributed by atoms with Crippen LogP contribution in [0, 0.1) is 6.92 Å². The Morgan fingerprint density at radius 3 is 2.95 bits per heavy atom. The summed E-state index contributed by atoms with van der Waals surface area (Å²) in [5.41, 5.74) is -2.02. The van der Waals surface area contributed by atoms with E-state index < -0.39 is 5.51 Å². The van der Waals surface area contributed by atoms with Gasteiger partial charge in [-0.2, -0.15) is 13.2 Å². The normalized spacial score (nSPS) is 19.1. The number of aryl methyl sites for hydroxylation is 1. The van der Waals surface area contributed by atoms with Crippen molar-refractivity contribution in [3.8, 4) is 5.75 Å². The fourth-order valence-electron chi connectivity index (χ4n) is 2.38. The van der Waals surface area contributed by atoms with Gasteiger partial charge in [-0.15, -0.1) is 0 Å². The molecule has 2 nitrogen and oxygen atoms in total. The molecule has 6 heteroatoms. The quantitative estimate of drug-likeness (QED) is 0.848. The van der Waals surface area contributed by atoms with E-state index in [1.165, 1.54) is 0 Å². The third-order valence-corrected chi connectivity index (χ3v) is 4.00. The summed E-state index contributed by atoms with van der Waals surface area (Å²) < 4.78 is 42.0. The summed E-state index contributed by atoms with van der Waals surface area (Å²) in [6.45, 7) is 2.98. The minimum absolute atomic E-state index is 0.0181. The van der Waals surface area contributed by atoms with Gasteiger partial charge in [0.15, 0.2) is 0 Å². The summed E-state index contributed by atoms with van der Waals surface area (Å²) in [5.74, 6) is 0.910. The Morgan fingerprint density at radius 1 is 1.40 bits per heavy atom. The van der Waals surface area contributed by atoms with Crippen LogP contribution in [0.4, 0.5) is 13.2 Å². The van der Waals surface area contributed by atoms with E-state index in [4.69, 9.17) is 4.74 Å². The van der Waals surface area contributed by atoms with Crippen LogP contribution in [-0.2, 0) is 0 Å². The zero-order chi connectivity index (χ0) is 14.6. The summed E-state index contributed by atoms with van der Waals surface area (Å²) in [4.78, 5) is 0. The van der Waals surface area contributed by atoms with E-state index >= 15 is 0 Å². The lowest BCUT2D eigenvalue weighted by Crippen LogP contribution is -2.24. The van der Waals surface area contributed by atoms with E-state index in [0.717, 1.165) is 29.7 Å². The highest BCUT2D eigenvalue weighted by Crippen LogP contribution is 2.34. The minimum Gasteiger partial charge on any atom is -0.493 e. The SMILES string of the molecule is Cc1cccc2c1OCCCC2NCCSC(F)(F)F. The monoisotopic (exact) mass is 305 g/mol. The van der Waals surface area contributed by atoms with Crippen LogP contribution >= 0.6 is 11.8 Å². The Labute approximate surface area is 121 Å². The van der Waals surface area contributed by atoms with Crippen LogP contribution in [0.5, 0.6) is 5.75 Å². The van der Waals surface area contributed by atoms with Gasteiger partial charge < -0.3 is 10.1 Å². The first kappa shape index (κ1) is 15.5. The number of benzene rings is 1. The van der Waals surface area contributed by atoms with Gasteiger partial charge in [0, 0.05) is 23.9 Å². The molecule has 1 N–H and O–H groups in total. The lowest BCUT2D eigenvalue weighted by Gasteiger charge is -2.19. The van der Waals surface area contributed by atoms with Crippen molar-refractivity contribution in [3.63, 3.8) is 0 Å². The minimum atomic E-state index is -4.15. The number of para-hydroxylation sites is 1. The molecule has 1 unspecified atom stereocenters. The number of nitrogens with one attached hydrogen (secondary N) is 1. The van der Waals surface area contributed by atoms with Crippen LogP contribution in [0.15, 0.2) is 18.2 Å². The van der Waals surface area contributed by atoms with Gasteiger partial charge in [0.2, 0.25) is 0 Å². The first-order valence-corrected chi connectivity index (χ1v) is 7.62. The number of hydrogen-bond acceptors (Lipinski definition) is 3. The number of halogens is 3. The van der Waals surface area contributed by atoms with Gasteiger partial charge in [-0.25, -0.2) is 0 Å². The molecule has 1 heterocycles. The van der Waals surface area contributed by atoms with Gasteiger partial charge in [-0.05, 0) is 37.1 Å². The van der Waals surface area contributed by atoms with E-state index in [-0.39, 0.29) is 23.6 Å². The number of thioether (sulfide) groups is 1. The molecule has 2 rings (SSSR count).